The van der Waals surface area contributed by atoms with Crippen molar-refractivity contribution in [1.29, 1.82) is 0 Å². The van der Waals surface area contributed by atoms with Gasteiger partial charge in [-0.15, -0.1) is 0 Å². The van der Waals surface area contributed by atoms with E-state index in [4.69, 9.17) is 4.52 Å². The van der Waals surface area contributed by atoms with Gasteiger partial charge in [-0.1, -0.05) is 5.16 Å². The van der Waals surface area contributed by atoms with Gasteiger partial charge in [0.1, 0.15) is 5.69 Å². The number of carbonyl (C=O) groups excluding carboxylic acids is 1. The predicted molar refractivity (Wildman–Crippen MR) is 101 cm³/mol. The highest BCUT2D eigenvalue weighted by atomic mass is 32.2. The molecule has 3 heterocycles. The predicted octanol–water partition coefficient (Wildman–Crippen LogP) is 0.828. The first-order valence-corrected chi connectivity index (χ1v) is 11.1. The maximum absolute atomic E-state index is 13.0. The first-order chi connectivity index (χ1) is 13.2. The van der Waals surface area contributed by atoms with Crippen LogP contribution in [0.2, 0.25) is 0 Å². The Morgan fingerprint density at radius 2 is 2.25 bits per heavy atom. The third-order valence-corrected chi connectivity index (χ3v) is 7.46. The lowest BCUT2D eigenvalue weighted by atomic mass is 9.80. The largest absolute Gasteiger partial charge is 0.347 e. The summed E-state index contributed by atoms with van der Waals surface area (Å²) in [5.41, 5.74) is 0.100. The van der Waals surface area contributed by atoms with Crippen molar-refractivity contribution < 1.29 is 17.7 Å². The zero-order chi connectivity index (χ0) is 20.1. The summed E-state index contributed by atoms with van der Waals surface area (Å²) in [6.07, 6.45) is 3.02. The number of carbonyl (C=O) groups is 1. The van der Waals surface area contributed by atoms with Crippen LogP contribution in [0.3, 0.4) is 0 Å². The molecular formula is C18H25N5O4S. The van der Waals surface area contributed by atoms with Crippen LogP contribution in [0.5, 0.6) is 0 Å². The highest BCUT2D eigenvalue weighted by molar-refractivity contribution is 7.89. The fourth-order valence-corrected chi connectivity index (χ4v) is 5.48. The van der Waals surface area contributed by atoms with Crippen LogP contribution in [-0.2, 0) is 22.5 Å². The van der Waals surface area contributed by atoms with Gasteiger partial charge < -0.3 is 14.0 Å². The Hall–Kier alpha value is -2.20. The average Bonchev–Trinajstić information content (AvgIpc) is 3.37. The van der Waals surface area contributed by atoms with E-state index in [1.165, 1.54) is 0 Å². The molecule has 0 aromatic carbocycles. The number of amides is 1. The van der Waals surface area contributed by atoms with Gasteiger partial charge >= 0.3 is 0 Å². The average molecular weight is 407 g/mol. The van der Waals surface area contributed by atoms with E-state index >= 15 is 0 Å². The number of nitrogens with zero attached hydrogens (tertiary/aromatic N) is 4. The van der Waals surface area contributed by atoms with Gasteiger partial charge in [-0.25, -0.2) is 13.1 Å². The van der Waals surface area contributed by atoms with E-state index in [9.17, 15) is 13.2 Å². The van der Waals surface area contributed by atoms with Crippen LogP contribution in [0.15, 0.2) is 22.9 Å². The Kier molecular flexibility index (Phi) is 4.58. The lowest BCUT2D eigenvalue weighted by molar-refractivity contribution is 0.0764. The Morgan fingerprint density at radius 3 is 2.86 bits per heavy atom. The van der Waals surface area contributed by atoms with E-state index in [2.05, 4.69) is 14.9 Å². The summed E-state index contributed by atoms with van der Waals surface area (Å²) >= 11 is 0. The first kappa shape index (κ1) is 19.1. The molecule has 2 fully saturated rings. The van der Waals surface area contributed by atoms with Crippen molar-refractivity contribution in [3.63, 3.8) is 0 Å². The Morgan fingerprint density at radius 1 is 1.46 bits per heavy atom. The summed E-state index contributed by atoms with van der Waals surface area (Å²) < 4.78 is 34.2. The number of aromatic nitrogens is 3. The molecule has 3 atom stereocenters. The van der Waals surface area contributed by atoms with E-state index in [0.717, 1.165) is 0 Å². The second-order valence-corrected chi connectivity index (χ2v) is 9.89. The zero-order valence-electron chi connectivity index (χ0n) is 16.3. The molecule has 2 aromatic rings. The van der Waals surface area contributed by atoms with E-state index in [1.807, 2.05) is 24.2 Å². The van der Waals surface area contributed by atoms with E-state index in [-0.39, 0.29) is 23.6 Å². The smallest absolute Gasteiger partial charge is 0.270 e. The minimum absolute atomic E-state index is 0.0387. The Labute approximate surface area is 164 Å². The van der Waals surface area contributed by atoms with Gasteiger partial charge in [0.25, 0.3) is 5.91 Å². The van der Waals surface area contributed by atoms with Crippen molar-refractivity contribution in [2.45, 2.75) is 38.1 Å². The van der Waals surface area contributed by atoms with Crippen molar-refractivity contribution in [1.82, 2.24) is 24.3 Å². The SMILES string of the molecule is CCS(=O)(=O)N[C@@H]1C[C@H]2CN(C(=O)c3cccn3C)C[C@@]2(c2nc(C)no2)C1. The number of hydrogen-bond acceptors (Lipinski definition) is 6. The van der Waals surface area contributed by atoms with Gasteiger partial charge in [-0.05, 0) is 44.7 Å². The van der Waals surface area contributed by atoms with Gasteiger partial charge in [-0.2, -0.15) is 4.98 Å². The lowest BCUT2D eigenvalue weighted by Crippen LogP contribution is -2.40. The monoisotopic (exact) mass is 407 g/mol. The molecule has 28 heavy (non-hydrogen) atoms. The number of sulfonamides is 1. The molecule has 1 saturated heterocycles. The summed E-state index contributed by atoms with van der Waals surface area (Å²) in [6.45, 7) is 4.35. The molecule has 9 nitrogen and oxygen atoms in total. The molecule has 0 unspecified atom stereocenters. The lowest BCUT2D eigenvalue weighted by Gasteiger charge is -2.25. The molecule has 2 aliphatic rings. The topological polar surface area (TPSA) is 110 Å². The molecule has 4 rings (SSSR count). The quantitative estimate of drug-likeness (QED) is 0.786. The zero-order valence-corrected chi connectivity index (χ0v) is 17.1. The highest BCUT2D eigenvalue weighted by Crippen LogP contribution is 2.50. The van der Waals surface area contributed by atoms with Gasteiger partial charge in [0.2, 0.25) is 15.9 Å². The van der Waals surface area contributed by atoms with Crippen LogP contribution < -0.4 is 4.72 Å². The van der Waals surface area contributed by atoms with E-state index in [1.54, 1.807) is 24.5 Å². The minimum atomic E-state index is -3.31. The molecule has 2 aromatic heterocycles. The first-order valence-electron chi connectivity index (χ1n) is 9.45. The normalized spacial score (nSPS) is 27.3. The molecule has 1 N–H and O–H groups in total. The van der Waals surface area contributed by atoms with Gasteiger partial charge in [0.05, 0.1) is 11.2 Å². The fraction of sp³-hybridized carbons (Fsp3) is 0.611. The molecule has 1 saturated carbocycles. The molecule has 10 heteroatoms. The minimum Gasteiger partial charge on any atom is -0.347 e. The summed E-state index contributed by atoms with van der Waals surface area (Å²) in [7, 11) is -1.47. The third kappa shape index (κ3) is 3.14. The molecule has 0 radical (unpaired) electrons. The van der Waals surface area contributed by atoms with Crippen LogP contribution in [0, 0.1) is 12.8 Å². The second-order valence-electron chi connectivity index (χ2n) is 7.85. The van der Waals surface area contributed by atoms with Gasteiger partial charge in [0, 0.05) is 32.4 Å². The summed E-state index contributed by atoms with van der Waals surface area (Å²) in [5, 5.41) is 3.93. The number of likely N-dealkylation sites (tertiary alicyclic amines) is 1. The standard InChI is InChI=1S/C18H25N5O4S/c1-4-28(25,26)21-14-8-13-10-23(16(24)15-6-5-7-22(15)3)11-18(13,9-14)17-19-12(2)20-27-17/h5-7,13-14,21H,4,8-11H2,1-3H3/t13-,14+,18-/m0/s1. The molecule has 1 aliphatic carbocycles. The number of aryl methyl sites for hydroxylation is 2. The molecule has 0 bridgehead atoms. The number of hydrogen-bond donors (Lipinski definition) is 1. The van der Waals surface area contributed by atoms with Crippen molar-refractivity contribution in [2.75, 3.05) is 18.8 Å². The van der Waals surface area contributed by atoms with E-state index in [0.29, 0.717) is 43.3 Å². The van der Waals surface area contributed by atoms with Crippen molar-refractivity contribution in [3.05, 3.63) is 35.7 Å². The fourth-order valence-electron chi connectivity index (χ4n) is 4.63. The van der Waals surface area contributed by atoms with Crippen LogP contribution in [0.1, 0.15) is 42.0 Å². The number of rotatable bonds is 5. The van der Waals surface area contributed by atoms with Gasteiger partial charge in [0.15, 0.2) is 5.82 Å². The number of fused-ring (bicyclic) bond motifs is 1. The van der Waals surface area contributed by atoms with Crippen LogP contribution in [0.25, 0.3) is 0 Å². The summed E-state index contributed by atoms with van der Waals surface area (Å²) in [4.78, 5) is 19.3. The molecule has 1 amide bonds. The number of nitrogens with one attached hydrogen (secondary N) is 1. The molecule has 0 spiro atoms. The van der Waals surface area contributed by atoms with Crippen molar-refractivity contribution in [2.24, 2.45) is 13.0 Å². The highest BCUT2D eigenvalue weighted by Gasteiger charge is 2.58. The van der Waals surface area contributed by atoms with E-state index < -0.39 is 15.4 Å². The van der Waals surface area contributed by atoms with Crippen LogP contribution in [0.4, 0.5) is 0 Å². The van der Waals surface area contributed by atoms with Crippen LogP contribution >= 0.6 is 0 Å². The second kappa shape index (κ2) is 6.70. The third-order valence-electron chi connectivity index (χ3n) is 6.00. The summed E-state index contributed by atoms with van der Waals surface area (Å²) in [5.74, 6) is 1.09. The Bertz CT molecular complexity index is 997. The summed E-state index contributed by atoms with van der Waals surface area (Å²) in [6, 6.07) is 3.45. The Balaban J connectivity index is 1.63. The van der Waals surface area contributed by atoms with Crippen LogP contribution in [-0.4, -0.2) is 58.8 Å². The van der Waals surface area contributed by atoms with Crippen molar-refractivity contribution in [3.8, 4) is 0 Å². The molecule has 152 valence electrons. The molecule has 1 aliphatic heterocycles. The molecular weight excluding hydrogens is 382 g/mol. The van der Waals surface area contributed by atoms with Crippen molar-refractivity contribution >= 4 is 15.9 Å². The van der Waals surface area contributed by atoms with Gasteiger partial charge in [-0.3, -0.25) is 4.79 Å². The maximum Gasteiger partial charge on any atom is 0.270 e. The maximum atomic E-state index is 13.0.